The number of unbranched alkanes of at least 4 members (excludes halogenated alkanes) is 39. The Labute approximate surface area is 392 Å². The van der Waals surface area contributed by atoms with E-state index >= 15 is 0 Å². The van der Waals surface area contributed by atoms with Gasteiger partial charge in [-0.2, -0.15) is 0 Å². The molecular weight excluding hydrogens is 781 g/mol. The molecule has 63 heavy (non-hydrogen) atoms. The molecule has 0 fully saturated rings. The molecule has 0 saturated heterocycles. The zero-order chi connectivity index (χ0) is 45.8. The summed E-state index contributed by atoms with van der Waals surface area (Å²) in [5.74, 6) is -0.860. The van der Waals surface area contributed by atoms with Crippen LogP contribution in [0.5, 0.6) is 0 Å². The molecule has 372 valence electrons. The minimum atomic E-state index is -0.767. The summed E-state index contributed by atoms with van der Waals surface area (Å²) in [4.78, 5) is 37.9. The Morgan fingerprint density at radius 1 is 0.302 bits per heavy atom. The van der Waals surface area contributed by atoms with Crippen molar-refractivity contribution in [2.75, 3.05) is 13.2 Å². The molecule has 0 aliphatic carbocycles. The first-order valence-electron chi connectivity index (χ1n) is 28.2. The second-order valence-corrected chi connectivity index (χ2v) is 19.2. The minimum absolute atomic E-state index is 0.0680. The number of allylic oxidation sites excluding steroid dienone is 2. The second-order valence-electron chi connectivity index (χ2n) is 19.2. The van der Waals surface area contributed by atoms with E-state index in [1.54, 1.807) is 0 Å². The van der Waals surface area contributed by atoms with E-state index in [2.05, 4.69) is 32.9 Å². The van der Waals surface area contributed by atoms with Gasteiger partial charge < -0.3 is 14.2 Å². The van der Waals surface area contributed by atoms with Gasteiger partial charge in [-0.25, -0.2) is 0 Å². The molecule has 1 atom stereocenters. The molecule has 0 aromatic heterocycles. The van der Waals surface area contributed by atoms with E-state index in [-0.39, 0.29) is 31.1 Å². The fraction of sp³-hybridized carbons (Fsp3) is 0.912. The van der Waals surface area contributed by atoms with E-state index in [0.717, 1.165) is 64.2 Å². The number of esters is 3. The van der Waals surface area contributed by atoms with Crippen molar-refractivity contribution in [3.05, 3.63) is 12.2 Å². The van der Waals surface area contributed by atoms with Crippen LogP contribution in [0.4, 0.5) is 0 Å². The van der Waals surface area contributed by atoms with E-state index in [1.165, 1.54) is 212 Å². The molecule has 0 rings (SSSR count). The van der Waals surface area contributed by atoms with Crippen LogP contribution in [-0.2, 0) is 28.6 Å². The highest BCUT2D eigenvalue weighted by Crippen LogP contribution is 2.17. The first kappa shape index (κ1) is 61.1. The van der Waals surface area contributed by atoms with Crippen molar-refractivity contribution in [1.29, 1.82) is 0 Å². The maximum Gasteiger partial charge on any atom is 0.306 e. The van der Waals surface area contributed by atoms with Crippen molar-refractivity contribution < 1.29 is 28.6 Å². The van der Waals surface area contributed by atoms with Gasteiger partial charge in [-0.15, -0.1) is 0 Å². The third-order valence-corrected chi connectivity index (χ3v) is 12.8. The normalized spacial score (nSPS) is 12.0. The highest BCUT2D eigenvalue weighted by molar-refractivity contribution is 5.71. The number of carbonyl (C=O) groups excluding carboxylic acids is 3. The van der Waals surface area contributed by atoms with Crippen molar-refractivity contribution in [2.45, 2.75) is 322 Å². The molecule has 0 amide bonds. The van der Waals surface area contributed by atoms with Crippen LogP contribution >= 0.6 is 0 Å². The lowest BCUT2D eigenvalue weighted by Gasteiger charge is -2.18. The van der Waals surface area contributed by atoms with Crippen LogP contribution in [0.25, 0.3) is 0 Å². The summed E-state index contributed by atoms with van der Waals surface area (Å²) in [6.07, 6.45) is 59.3. The van der Waals surface area contributed by atoms with E-state index in [1.807, 2.05) is 0 Å². The highest BCUT2D eigenvalue weighted by Gasteiger charge is 2.19. The van der Waals surface area contributed by atoms with E-state index in [4.69, 9.17) is 14.2 Å². The van der Waals surface area contributed by atoms with Gasteiger partial charge in [0.25, 0.3) is 0 Å². The summed E-state index contributed by atoms with van der Waals surface area (Å²) < 4.78 is 16.8. The Balaban J connectivity index is 4.15. The molecular formula is C57H108O6. The molecule has 0 aliphatic heterocycles. The lowest BCUT2D eigenvalue weighted by Crippen LogP contribution is -2.30. The summed E-state index contributed by atoms with van der Waals surface area (Å²) in [7, 11) is 0. The van der Waals surface area contributed by atoms with Crippen LogP contribution in [0.3, 0.4) is 0 Å². The zero-order valence-electron chi connectivity index (χ0n) is 42.6. The molecule has 0 radical (unpaired) electrons. The summed E-state index contributed by atoms with van der Waals surface area (Å²) in [5.41, 5.74) is 0. The van der Waals surface area contributed by atoms with Gasteiger partial charge >= 0.3 is 17.9 Å². The summed E-state index contributed by atoms with van der Waals surface area (Å²) >= 11 is 0. The largest absolute Gasteiger partial charge is 0.462 e. The Kier molecular flexibility index (Phi) is 51.2. The molecule has 0 aromatic rings. The number of ether oxygens (including phenoxy) is 3. The fourth-order valence-electron chi connectivity index (χ4n) is 8.50. The van der Waals surface area contributed by atoms with Crippen LogP contribution < -0.4 is 0 Å². The summed E-state index contributed by atoms with van der Waals surface area (Å²) in [5, 5.41) is 0. The lowest BCUT2D eigenvalue weighted by atomic mass is 10.0. The number of rotatable bonds is 52. The molecule has 0 N–H and O–H groups in total. The first-order chi connectivity index (χ1) is 31.0. The van der Waals surface area contributed by atoms with E-state index in [0.29, 0.717) is 19.3 Å². The SMILES string of the molecule is CCCCC/C=C\CCCCCCCC(=O)OC(COC(=O)CCCCCCCCCCCC)COC(=O)CCCCCCCCCCCCCCCCCCCCCCCCC. The standard InChI is InChI=1S/C57H108O6/c1-4-7-10-13-16-19-22-24-25-26-27-28-29-30-31-32-33-34-36-38-41-44-47-50-56(59)62-53-54(52-61-55(58)49-46-43-40-37-21-18-15-12-9-6-3)63-57(60)51-48-45-42-39-35-23-20-17-14-11-8-5-2/h17,20,54H,4-16,18-19,21-53H2,1-3H3/b20-17-. The summed E-state index contributed by atoms with van der Waals surface area (Å²) in [6, 6.07) is 0. The van der Waals surface area contributed by atoms with Crippen LogP contribution in [0.1, 0.15) is 316 Å². The number of carbonyl (C=O) groups is 3. The van der Waals surface area contributed by atoms with Crippen LogP contribution in [-0.4, -0.2) is 37.2 Å². The third kappa shape index (κ3) is 51.0. The molecule has 0 spiro atoms. The molecule has 6 heteroatoms. The number of hydrogen-bond acceptors (Lipinski definition) is 6. The Morgan fingerprint density at radius 3 is 0.825 bits per heavy atom. The Morgan fingerprint density at radius 2 is 0.524 bits per heavy atom. The van der Waals surface area contributed by atoms with Gasteiger partial charge in [-0.3, -0.25) is 14.4 Å². The van der Waals surface area contributed by atoms with Gasteiger partial charge in [0.15, 0.2) is 6.10 Å². The first-order valence-corrected chi connectivity index (χ1v) is 28.2. The van der Waals surface area contributed by atoms with Crippen LogP contribution in [0.2, 0.25) is 0 Å². The monoisotopic (exact) mass is 889 g/mol. The smallest absolute Gasteiger partial charge is 0.306 e. The molecule has 0 aliphatic rings. The highest BCUT2D eigenvalue weighted by atomic mass is 16.6. The van der Waals surface area contributed by atoms with Gasteiger partial charge in [0.05, 0.1) is 0 Å². The van der Waals surface area contributed by atoms with Crippen LogP contribution in [0.15, 0.2) is 12.2 Å². The molecule has 6 nitrogen and oxygen atoms in total. The molecule has 0 heterocycles. The molecule has 0 bridgehead atoms. The van der Waals surface area contributed by atoms with Crippen molar-refractivity contribution in [3.8, 4) is 0 Å². The molecule has 0 aromatic carbocycles. The summed E-state index contributed by atoms with van der Waals surface area (Å²) in [6.45, 7) is 6.64. The average Bonchev–Trinajstić information content (AvgIpc) is 3.28. The van der Waals surface area contributed by atoms with Gasteiger partial charge in [0.2, 0.25) is 0 Å². The fourth-order valence-corrected chi connectivity index (χ4v) is 8.50. The van der Waals surface area contributed by atoms with Crippen molar-refractivity contribution in [3.63, 3.8) is 0 Å². The van der Waals surface area contributed by atoms with Gasteiger partial charge in [-0.1, -0.05) is 264 Å². The van der Waals surface area contributed by atoms with E-state index < -0.39 is 6.10 Å². The molecule has 1 unspecified atom stereocenters. The van der Waals surface area contributed by atoms with Crippen molar-refractivity contribution in [2.24, 2.45) is 0 Å². The third-order valence-electron chi connectivity index (χ3n) is 12.8. The maximum atomic E-state index is 12.8. The Hall–Kier alpha value is -1.85. The minimum Gasteiger partial charge on any atom is -0.462 e. The quantitative estimate of drug-likeness (QED) is 0.0262. The average molecular weight is 889 g/mol. The van der Waals surface area contributed by atoms with Crippen LogP contribution in [0, 0.1) is 0 Å². The zero-order valence-corrected chi connectivity index (χ0v) is 42.6. The second kappa shape index (κ2) is 52.8. The predicted molar refractivity (Wildman–Crippen MR) is 270 cm³/mol. The van der Waals surface area contributed by atoms with Gasteiger partial charge in [0, 0.05) is 19.3 Å². The predicted octanol–water partition coefficient (Wildman–Crippen LogP) is 18.5. The topological polar surface area (TPSA) is 78.9 Å². The molecule has 0 saturated carbocycles. The van der Waals surface area contributed by atoms with Crippen molar-refractivity contribution >= 4 is 17.9 Å². The van der Waals surface area contributed by atoms with Gasteiger partial charge in [0.1, 0.15) is 13.2 Å². The Bertz CT molecular complexity index is 978. The maximum absolute atomic E-state index is 12.8. The lowest BCUT2D eigenvalue weighted by molar-refractivity contribution is -0.167. The van der Waals surface area contributed by atoms with Gasteiger partial charge in [-0.05, 0) is 44.9 Å². The van der Waals surface area contributed by atoms with Crippen molar-refractivity contribution in [1.82, 2.24) is 0 Å². The van der Waals surface area contributed by atoms with E-state index in [9.17, 15) is 14.4 Å². The number of hydrogen-bond donors (Lipinski definition) is 0.